The number of halogens is 2. The number of aromatic nitrogens is 1. The Morgan fingerprint density at radius 2 is 2.10 bits per heavy atom. The topological polar surface area (TPSA) is 37.3 Å². The normalized spacial score (nSPS) is 11.3. The van der Waals surface area contributed by atoms with Gasteiger partial charge >= 0.3 is 0 Å². The molecule has 1 N–H and O–H groups in total. The molecule has 1 heterocycles. The van der Waals surface area contributed by atoms with Gasteiger partial charge in [0.05, 0.1) is 20.9 Å². The van der Waals surface area contributed by atoms with E-state index in [0.717, 1.165) is 20.9 Å². The molecule has 1 aromatic heterocycles. The fourth-order valence-electron chi connectivity index (χ4n) is 1.67. The minimum absolute atomic E-state index is 0.290. The Morgan fingerprint density at radius 1 is 1.25 bits per heavy atom. The van der Waals surface area contributed by atoms with Gasteiger partial charge in [-0.1, -0.05) is 29.5 Å². The first-order chi connectivity index (χ1) is 9.72. The molecule has 0 aliphatic heterocycles. The fraction of sp³-hybridized carbons (Fsp3) is 0. The lowest BCUT2D eigenvalue weighted by Gasteiger charge is -1.96. The standard InChI is InChI=1S/C14H9BrFN3S/c15-10-7-9(5-6-11(10)16)8-17-19-14-18-12-3-1-2-4-13(12)20-14/h1-8H,(H,18,19)/b17-8-. The minimum Gasteiger partial charge on any atom is -0.253 e. The second-order valence-corrected chi connectivity index (χ2v) is 5.92. The maximum absolute atomic E-state index is 13.1. The number of nitrogens with one attached hydrogen (secondary N) is 1. The molecule has 0 fully saturated rings. The predicted molar refractivity (Wildman–Crippen MR) is 84.9 cm³/mol. The molecule has 100 valence electrons. The van der Waals surface area contributed by atoms with E-state index < -0.39 is 0 Å². The van der Waals surface area contributed by atoms with E-state index in [-0.39, 0.29) is 5.82 Å². The number of hydrogen-bond donors (Lipinski definition) is 1. The van der Waals surface area contributed by atoms with E-state index in [0.29, 0.717) is 4.47 Å². The Labute approximate surface area is 127 Å². The lowest BCUT2D eigenvalue weighted by molar-refractivity contribution is 0.621. The number of para-hydroxylation sites is 1. The van der Waals surface area contributed by atoms with E-state index in [2.05, 4.69) is 31.4 Å². The summed E-state index contributed by atoms with van der Waals surface area (Å²) in [4.78, 5) is 4.40. The number of benzene rings is 2. The van der Waals surface area contributed by atoms with Crippen molar-refractivity contribution in [2.45, 2.75) is 0 Å². The van der Waals surface area contributed by atoms with Crippen molar-refractivity contribution in [2.75, 3.05) is 5.43 Å². The van der Waals surface area contributed by atoms with Crippen LogP contribution in [-0.4, -0.2) is 11.2 Å². The van der Waals surface area contributed by atoms with Crippen molar-refractivity contribution in [1.29, 1.82) is 0 Å². The van der Waals surface area contributed by atoms with Crippen molar-refractivity contribution < 1.29 is 4.39 Å². The fourth-order valence-corrected chi connectivity index (χ4v) is 2.89. The second kappa shape index (κ2) is 5.68. The van der Waals surface area contributed by atoms with Crippen molar-refractivity contribution in [3.05, 3.63) is 58.3 Å². The van der Waals surface area contributed by atoms with Crippen molar-refractivity contribution in [3.63, 3.8) is 0 Å². The number of thiazole rings is 1. The van der Waals surface area contributed by atoms with E-state index in [1.165, 1.54) is 17.4 Å². The molecule has 0 bridgehead atoms. The van der Waals surface area contributed by atoms with E-state index in [1.807, 2.05) is 24.3 Å². The highest BCUT2D eigenvalue weighted by molar-refractivity contribution is 9.10. The molecule has 0 atom stereocenters. The van der Waals surface area contributed by atoms with Crippen LogP contribution in [0.1, 0.15) is 5.56 Å². The smallest absolute Gasteiger partial charge is 0.204 e. The summed E-state index contributed by atoms with van der Waals surface area (Å²) in [6, 6.07) is 12.6. The van der Waals surface area contributed by atoms with Gasteiger partial charge in [-0.3, -0.25) is 5.43 Å². The Morgan fingerprint density at radius 3 is 2.90 bits per heavy atom. The third-order valence-corrected chi connectivity index (χ3v) is 4.16. The number of anilines is 1. The minimum atomic E-state index is -0.290. The SMILES string of the molecule is Fc1ccc(/C=N\Nc2nc3ccccc3s2)cc1Br. The molecule has 3 rings (SSSR count). The molecule has 0 saturated heterocycles. The van der Waals surface area contributed by atoms with Gasteiger partial charge in [-0.15, -0.1) is 0 Å². The Bertz CT molecular complexity index is 752. The zero-order chi connectivity index (χ0) is 13.9. The van der Waals surface area contributed by atoms with Gasteiger partial charge in [0.2, 0.25) is 5.13 Å². The van der Waals surface area contributed by atoms with E-state index in [9.17, 15) is 4.39 Å². The highest BCUT2D eigenvalue weighted by Gasteiger charge is 2.01. The van der Waals surface area contributed by atoms with Gasteiger partial charge in [-0.2, -0.15) is 5.10 Å². The maximum atomic E-state index is 13.1. The van der Waals surface area contributed by atoms with Crippen LogP contribution in [-0.2, 0) is 0 Å². The maximum Gasteiger partial charge on any atom is 0.204 e. The monoisotopic (exact) mass is 349 g/mol. The number of fused-ring (bicyclic) bond motifs is 1. The molecule has 2 aromatic carbocycles. The number of hydrazone groups is 1. The van der Waals surface area contributed by atoms with Gasteiger partial charge in [-0.25, -0.2) is 9.37 Å². The van der Waals surface area contributed by atoms with Gasteiger partial charge in [-0.05, 0) is 45.8 Å². The third kappa shape index (κ3) is 2.86. The van der Waals surface area contributed by atoms with Crippen LogP contribution in [0, 0.1) is 5.82 Å². The van der Waals surface area contributed by atoms with Gasteiger partial charge in [0.1, 0.15) is 5.82 Å². The zero-order valence-electron chi connectivity index (χ0n) is 10.2. The van der Waals surface area contributed by atoms with Crippen LogP contribution >= 0.6 is 27.3 Å². The molecule has 0 aliphatic rings. The van der Waals surface area contributed by atoms with Crippen LogP contribution in [0.5, 0.6) is 0 Å². The lowest BCUT2D eigenvalue weighted by Crippen LogP contribution is -1.90. The summed E-state index contributed by atoms with van der Waals surface area (Å²) in [6.07, 6.45) is 1.62. The molecule has 6 heteroatoms. The Balaban J connectivity index is 1.75. The summed E-state index contributed by atoms with van der Waals surface area (Å²) in [5.41, 5.74) is 4.63. The number of hydrogen-bond acceptors (Lipinski definition) is 4. The zero-order valence-corrected chi connectivity index (χ0v) is 12.6. The van der Waals surface area contributed by atoms with Gasteiger partial charge in [0, 0.05) is 0 Å². The third-order valence-electron chi connectivity index (χ3n) is 2.61. The molecular weight excluding hydrogens is 341 g/mol. The summed E-state index contributed by atoms with van der Waals surface area (Å²) >= 11 is 4.67. The van der Waals surface area contributed by atoms with Gasteiger partial charge in [0.15, 0.2) is 0 Å². The highest BCUT2D eigenvalue weighted by Crippen LogP contribution is 2.25. The van der Waals surface area contributed by atoms with Crippen molar-refractivity contribution >= 4 is 48.8 Å². The quantitative estimate of drug-likeness (QED) is 0.552. The lowest BCUT2D eigenvalue weighted by atomic mass is 10.2. The molecule has 0 amide bonds. The van der Waals surface area contributed by atoms with Crippen molar-refractivity contribution in [1.82, 2.24) is 4.98 Å². The van der Waals surface area contributed by atoms with Crippen molar-refractivity contribution in [2.24, 2.45) is 5.10 Å². The molecule has 0 aliphatic carbocycles. The van der Waals surface area contributed by atoms with E-state index in [1.54, 1.807) is 18.3 Å². The van der Waals surface area contributed by atoms with Crippen LogP contribution < -0.4 is 5.43 Å². The molecule has 0 radical (unpaired) electrons. The molecular formula is C14H9BrFN3S. The average molecular weight is 350 g/mol. The summed E-state index contributed by atoms with van der Waals surface area (Å²) in [5, 5.41) is 4.83. The Kier molecular flexibility index (Phi) is 3.75. The first kappa shape index (κ1) is 13.2. The highest BCUT2D eigenvalue weighted by atomic mass is 79.9. The van der Waals surface area contributed by atoms with Crippen LogP contribution in [0.3, 0.4) is 0 Å². The van der Waals surface area contributed by atoms with E-state index >= 15 is 0 Å². The molecule has 20 heavy (non-hydrogen) atoms. The summed E-state index contributed by atoms with van der Waals surface area (Å²) in [7, 11) is 0. The average Bonchev–Trinajstić information content (AvgIpc) is 2.85. The first-order valence-corrected chi connectivity index (χ1v) is 7.43. The van der Waals surface area contributed by atoms with Gasteiger partial charge in [0.25, 0.3) is 0 Å². The van der Waals surface area contributed by atoms with Gasteiger partial charge < -0.3 is 0 Å². The largest absolute Gasteiger partial charge is 0.253 e. The molecule has 0 spiro atoms. The first-order valence-electron chi connectivity index (χ1n) is 5.82. The van der Waals surface area contributed by atoms with Crippen LogP contribution in [0.2, 0.25) is 0 Å². The molecule has 3 nitrogen and oxygen atoms in total. The summed E-state index contributed by atoms with van der Waals surface area (Å²) < 4.78 is 14.6. The van der Waals surface area contributed by atoms with Crippen LogP contribution in [0.25, 0.3) is 10.2 Å². The number of rotatable bonds is 3. The summed E-state index contributed by atoms with van der Waals surface area (Å²) in [6.45, 7) is 0. The van der Waals surface area contributed by atoms with Crippen molar-refractivity contribution in [3.8, 4) is 0 Å². The predicted octanol–water partition coefficient (Wildman–Crippen LogP) is 4.64. The molecule has 0 saturated carbocycles. The molecule has 0 unspecified atom stereocenters. The van der Waals surface area contributed by atoms with E-state index in [4.69, 9.17) is 0 Å². The van der Waals surface area contributed by atoms with Crippen LogP contribution in [0.4, 0.5) is 9.52 Å². The second-order valence-electron chi connectivity index (χ2n) is 4.03. The van der Waals surface area contributed by atoms with Crippen LogP contribution in [0.15, 0.2) is 52.0 Å². The Hall–Kier alpha value is -1.79. The summed E-state index contributed by atoms with van der Waals surface area (Å²) in [5.74, 6) is -0.290. The molecule has 3 aromatic rings. The number of nitrogens with zero attached hydrogens (tertiary/aromatic N) is 2.